The van der Waals surface area contributed by atoms with Crippen molar-refractivity contribution in [2.24, 2.45) is 0 Å². The summed E-state index contributed by atoms with van der Waals surface area (Å²) >= 11 is 0. The summed E-state index contributed by atoms with van der Waals surface area (Å²) in [5.74, 6) is -4.06. The normalized spacial score (nSPS) is 11.2. The monoisotopic (exact) mass is 274 g/mol. The molecule has 0 saturated heterocycles. The maximum Gasteiger partial charge on any atom is 0.453 e. The van der Waals surface area contributed by atoms with E-state index in [0.29, 0.717) is 0 Å². The summed E-state index contributed by atoms with van der Waals surface area (Å²) < 4.78 is 53.6. The van der Waals surface area contributed by atoms with Crippen molar-refractivity contribution in [3.8, 4) is 5.75 Å². The molecular formula is C11H7BF4O3. The Morgan fingerprint density at radius 2 is 1.89 bits per heavy atom. The number of rotatable bonds is 4. The number of ketones is 2. The van der Waals surface area contributed by atoms with Crippen LogP contribution in [0.1, 0.15) is 17.3 Å². The van der Waals surface area contributed by atoms with Crippen LogP contribution in [0.15, 0.2) is 12.1 Å². The van der Waals surface area contributed by atoms with Gasteiger partial charge in [0.15, 0.2) is 12.4 Å². The van der Waals surface area contributed by atoms with E-state index in [1.165, 1.54) is 0 Å². The Kier molecular flexibility index (Phi) is 4.33. The second-order valence-electron chi connectivity index (χ2n) is 3.64. The quantitative estimate of drug-likeness (QED) is 0.472. The topological polar surface area (TPSA) is 43.4 Å². The van der Waals surface area contributed by atoms with E-state index in [4.69, 9.17) is 7.85 Å². The van der Waals surface area contributed by atoms with Crippen LogP contribution in [0.25, 0.3) is 0 Å². The Balaban J connectivity index is 3.01. The number of Topliss-reactive ketones (excluding diaryl/α,β-unsaturated/α-hetero) is 2. The highest BCUT2D eigenvalue weighted by Gasteiger charge is 2.38. The van der Waals surface area contributed by atoms with Crippen LogP contribution in [0.5, 0.6) is 5.75 Å². The average Bonchev–Trinajstić information content (AvgIpc) is 2.24. The lowest BCUT2D eigenvalue weighted by Crippen LogP contribution is -2.30. The van der Waals surface area contributed by atoms with Gasteiger partial charge in [-0.15, -0.1) is 0 Å². The summed E-state index contributed by atoms with van der Waals surface area (Å²) in [6.07, 6.45) is -5.05. The van der Waals surface area contributed by atoms with Gasteiger partial charge in [0, 0.05) is 0 Å². The number of carbonyl (C=O) groups excluding carboxylic acids is 2. The largest absolute Gasteiger partial charge is 0.485 e. The van der Waals surface area contributed by atoms with Crippen molar-refractivity contribution < 1.29 is 31.9 Å². The van der Waals surface area contributed by atoms with Gasteiger partial charge in [-0.25, -0.2) is 4.39 Å². The highest BCUT2D eigenvalue weighted by atomic mass is 19.4. The highest BCUT2D eigenvalue weighted by molar-refractivity contribution is 6.35. The Hall–Kier alpha value is -1.86. The Bertz CT molecular complexity index is 525. The first-order chi connectivity index (χ1) is 8.62. The minimum Gasteiger partial charge on any atom is -0.485 e. The Morgan fingerprint density at radius 3 is 2.37 bits per heavy atom. The van der Waals surface area contributed by atoms with E-state index < -0.39 is 35.9 Å². The molecular weight excluding hydrogens is 267 g/mol. The molecule has 0 aliphatic heterocycles. The maximum atomic E-state index is 13.0. The van der Waals surface area contributed by atoms with Gasteiger partial charge in [0.1, 0.15) is 19.4 Å². The third kappa shape index (κ3) is 3.80. The summed E-state index contributed by atoms with van der Waals surface area (Å²) in [5, 5.41) is 0. The van der Waals surface area contributed by atoms with Crippen LogP contribution < -0.4 is 10.2 Å². The maximum absolute atomic E-state index is 13.0. The van der Waals surface area contributed by atoms with Crippen LogP contribution in [0.4, 0.5) is 17.6 Å². The molecule has 0 spiro atoms. The molecule has 0 bridgehead atoms. The number of halogens is 4. The summed E-state index contributed by atoms with van der Waals surface area (Å²) in [7, 11) is 5.35. The first kappa shape index (κ1) is 15.2. The average molecular weight is 274 g/mol. The number of hydrogen-bond acceptors (Lipinski definition) is 3. The standard InChI is InChI=1S/C11H7BF4O3/c1-5(17)7-2-6(13)3-8(12)10(7)19-4-9(18)11(14,15)16/h2-3H,4H2,1H3. The van der Waals surface area contributed by atoms with Gasteiger partial charge in [0.2, 0.25) is 0 Å². The second-order valence-corrected chi connectivity index (χ2v) is 3.64. The fourth-order valence-electron chi connectivity index (χ4n) is 1.26. The van der Waals surface area contributed by atoms with E-state index in [1.54, 1.807) is 0 Å². The number of alkyl halides is 3. The summed E-state index contributed by atoms with van der Waals surface area (Å²) in [5.41, 5.74) is -0.687. The lowest BCUT2D eigenvalue weighted by Gasteiger charge is -2.13. The van der Waals surface area contributed by atoms with E-state index in [2.05, 4.69) is 4.74 Å². The minimum absolute atomic E-state index is 0.326. The van der Waals surface area contributed by atoms with Crippen molar-refractivity contribution in [3.05, 3.63) is 23.5 Å². The number of hydrogen-bond donors (Lipinski definition) is 0. The molecule has 0 saturated carbocycles. The van der Waals surface area contributed by atoms with Gasteiger partial charge in [-0.3, -0.25) is 9.59 Å². The molecule has 0 aliphatic carbocycles. The summed E-state index contributed by atoms with van der Waals surface area (Å²) in [6, 6.07) is 1.55. The molecule has 8 heteroatoms. The van der Waals surface area contributed by atoms with E-state index in [9.17, 15) is 27.2 Å². The Morgan fingerprint density at radius 1 is 1.32 bits per heavy atom. The van der Waals surface area contributed by atoms with Crippen molar-refractivity contribution in [2.45, 2.75) is 13.1 Å². The lowest BCUT2D eigenvalue weighted by atomic mass is 9.91. The van der Waals surface area contributed by atoms with Gasteiger partial charge in [-0.1, -0.05) is 5.46 Å². The van der Waals surface area contributed by atoms with Crippen molar-refractivity contribution in [2.75, 3.05) is 6.61 Å². The van der Waals surface area contributed by atoms with Gasteiger partial charge in [0.25, 0.3) is 5.78 Å². The molecule has 0 atom stereocenters. The molecule has 0 N–H and O–H groups in total. The minimum atomic E-state index is -5.05. The van der Waals surface area contributed by atoms with Gasteiger partial charge < -0.3 is 4.74 Å². The zero-order valence-electron chi connectivity index (χ0n) is 9.68. The van der Waals surface area contributed by atoms with Gasteiger partial charge in [0.05, 0.1) is 5.56 Å². The van der Waals surface area contributed by atoms with Crippen LogP contribution in [0.2, 0.25) is 0 Å². The van der Waals surface area contributed by atoms with Crippen molar-refractivity contribution in [3.63, 3.8) is 0 Å². The van der Waals surface area contributed by atoms with Crippen molar-refractivity contribution in [1.29, 1.82) is 0 Å². The predicted molar refractivity (Wildman–Crippen MR) is 58.3 cm³/mol. The van der Waals surface area contributed by atoms with E-state index >= 15 is 0 Å². The SMILES string of the molecule is [B]c1cc(F)cc(C(C)=O)c1OCC(=O)C(F)(F)F. The summed E-state index contributed by atoms with van der Waals surface area (Å²) in [6.45, 7) is -0.272. The first-order valence-electron chi connectivity index (χ1n) is 4.95. The molecule has 1 aromatic carbocycles. The molecule has 0 aromatic heterocycles. The molecule has 1 rings (SSSR count). The predicted octanol–water partition coefficient (Wildman–Crippen LogP) is 1.33. The fraction of sp³-hybridized carbons (Fsp3) is 0.273. The molecule has 100 valence electrons. The zero-order valence-corrected chi connectivity index (χ0v) is 9.68. The van der Waals surface area contributed by atoms with E-state index in [0.717, 1.165) is 19.1 Å². The van der Waals surface area contributed by atoms with Crippen LogP contribution >= 0.6 is 0 Å². The van der Waals surface area contributed by atoms with Gasteiger partial charge >= 0.3 is 6.18 Å². The van der Waals surface area contributed by atoms with Gasteiger partial charge in [-0.05, 0) is 19.1 Å². The van der Waals surface area contributed by atoms with E-state index in [-0.39, 0.29) is 11.0 Å². The zero-order chi connectivity index (χ0) is 14.8. The van der Waals surface area contributed by atoms with Crippen LogP contribution in [0, 0.1) is 5.82 Å². The smallest absolute Gasteiger partial charge is 0.453 e. The molecule has 0 heterocycles. The molecule has 1 aromatic rings. The number of ether oxygens (including phenoxy) is 1. The van der Waals surface area contributed by atoms with Gasteiger partial charge in [-0.2, -0.15) is 13.2 Å². The third-order valence-electron chi connectivity index (χ3n) is 2.13. The third-order valence-corrected chi connectivity index (χ3v) is 2.13. The molecule has 0 amide bonds. The van der Waals surface area contributed by atoms with Crippen molar-refractivity contribution >= 4 is 24.9 Å². The highest BCUT2D eigenvalue weighted by Crippen LogP contribution is 2.20. The lowest BCUT2D eigenvalue weighted by molar-refractivity contribution is -0.173. The molecule has 0 fully saturated rings. The number of carbonyl (C=O) groups is 2. The molecule has 0 aliphatic rings. The van der Waals surface area contributed by atoms with E-state index in [1.807, 2.05) is 0 Å². The molecule has 3 nitrogen and oxygen atoms in total. The Labute approximate surface area is 107 Å². The van der Waals surface area contributed by atoms with Crippen LogP contribution in [-0.4, -0.2) is 32.2 Å². The molecule has 19 heavy (non-hydrogen) atoms. The second kappa shape index (κ2) is 5.42. The number of benzene rings is 1. The molecule has 2 radical (unpaired) electrons. The van der Waals surface area contributed by atoms with Crippen molar-refractivity contribution in [1.82, 2.24) is 0 Å². The fourth-order valence-corrected chi connectivity index (χ4v) is 1.26. The molecule has 0 unspecified atom stereocenters. The first-order valence-corrected chi connectivity index (χ1v) is 4.95. The van der Waals surface area contributed by atoms with Crippen LogP contribution in [0.3, 0.4) is 0 Å². The summed E-state index contributed by atoms with van der Waals surface area (Å²) in [4.78, 5) is 21.9. The van der Waals surface area contributed by atoms with Crippen LogP contribution in [-0.2, 0) is 4.79 Å².